The molecular formula is C16H15N5O. The van der Waals surface area contributed by atoms with Crippen molar-refractivity contribution in [2.45, 2.75) is 13.1 Å². The zero-order valence-corrected chi connectivity index (χ0v) is 12.1. The molecule has 6 nitrogen and oxygen atoms in total. The van der Waals surface area contributed by atoms with Crippen molar-refractivity contribution in [2.24, 2.45) is 7.05 Å². The Bertz CT molecular complexity index is 883. The van der Waals surface area contributed by atoms with Crippen LogP contribution in [0.5, 0.6) is 0 Å². The number of carbonyl (C=O) groups is 1. The number of hydrogen-bond acceptors (Lipinski definition) is 4. The summed E-state index contributed by atoms with van der Waals surface area (Å²) in [6, 6.07) is 10.4. The van der Waals surface area contributed by atoms with E-state index in [-0.39, 0.29) is 5.91 Å². The standard InChI is InChI=1S/C16H15N5O/c1-21-12(6-10-4-2-3-5-13(10)21)9-19-16-18-8-11-7-17-15(22)14(11)20-16/h2-6,8H,7,9H2,1H3,(H,17,22)(H,18,19,20). The molecule has 110 valence electrons. The molecule has 1 aliphatic heterocycles. The minimum Gasteiger partial charge on any atom is -0.349 e. The Kier molecular flexibility index (Phi) is 2.82. The zero-order valence-electron chi connectivity index (χ0n) is 12.1. The summed E-state index contributed by atoms with van der Waals surface area (Å²) in [5, 5.41) is 7.13. The molecule has 1 aliphatic rings. The van der Waals surface area contributed by atoms with Crippen molar-refractivity contribution >= 4 is 22.8 Å². The van der Waals surface area contributed by atoms with Gasteiger partial charge in [-0.15, -0.1) is 0 Å². The van der Waals surface area contributed by atoms with Gasteiger partial charge in [-0.05, 0) is 17.5 Å². The molecule has 2 N–H and O–H groups in total. The monoisotopic (exact) mass is 293 g/mol. The lowest BCUT2D eigenvalue weighted by Gasteiger charge is -2.07. The van der Waals surface area contributed by atoms with Crippen LogP contribution in [0.1, 0.15) is 21.7 Å². The second-order valence-electron chi connectivity index (χ2n) is 5.36. The van der Waals surface area contributed by atoms with Crippen molar-refractivity contribution < 1.29 is 4.79 Å². The molecule has 3 aromatic rings. The maximum atomic E-state index is 11.6. The van der Waals surface area contributed by atoms with E-state index in [4.69, 9.17) is 0 Å². The summed E-state index contributed by atoms with van der Waals surface area (Å²) in [7, 11) is 2.04. The van der Waals surface area contributed by atoms with Gasteiger partial charge in [0.15, 0.2) is 0 Å². The Hall–Kier alpha value is -2.89. The Morgan fingerprint density at radius 2 is 2.23 bits per heavy atom. The van der Waals surface area contributed by atoms with Crippen LogP contribution in [-0.2, 0) is 20.1 Å². The van der Waals surface area contributed by atoms with Gasteiger partial charge >= 0.3 is 0 Å². The second kappa shape index (κ2) is 4.84. The zero-order chi connectivity index (χ0) is 15.1. The average Bonchev–Trinajstić information content (AvgIpc) is 3.07. The van der Waals surface area contributed by atoms with Gasteiger partial charge in [0.05, 0.1) is 6.54 Å². The average molecular weight is 293 g/mol. The fourth-order valence-corrected chi connectivity index (χ4v) is 2.76. The Labute approximate surface area is 127 Å². The fourth-order valence-electron chi connectivity index (χ4n) is 2.76. The van der Waals surface area contributed by atoms with Crippen LogP contribution in [-0.4, -0.2) is 20.4 Å². The first-order valence-electron chi connectivity index (χ1n) is 7.14. The summed E-state index contributed by atoms with van der Waals surface area (Å²) < 4.78 is 2.14. The normalized spacial score (nSPS) is 13.2. The molecule has 0 fully saturated rings. The lowest BCUT2D eigenvalue weighted by molar-refractivity contribution is 0.0961. The van der Waals surface area contributed by atoms with Crippen LogP contribution in [0.4, 0.5) is 5.95 Å². The van der Waals surface area contributed by atoms with Gasteiger partial charge in [0.2, 0.25) is 5.95 Å². The van der Waals surface area contributed by atoms with Gasteiger partial charge in [-0.25, -0.2) is 9.97 Å². The van der Waals surface area contributed by atoms with Crippen molar-refractivity contribution in [2.75, 3.05) is 5.32 Å². The largest absolute Gasteiger partial charge is 0.349 e. The summed E-state index contributed by atoms with van der Waals surface area (Å²) in [4.78, 5) is 20.2. The van der Waals surface area contributed by atoms with E-state index in [9.17, 15) is 4.79 Å². The third kappa shape index (κ3) is 2.00. The molecule has 1 aromatic carbocycles. The first-order valence-corrected chi connectivity index (χ1v) is 7.14. The van der Waals surface area contributed by atoms with E-state index in [1.54, 1.807) is 6.20 Å². The molecule has 0 aliphatic carbocycles. The molecule has 2 aromatic heterocycles. The van der Waals surface area contributed by atoms with E-state index in [2.05, 4.69) is 43.4 Å². The SMILES string of the molecule is Cn1c(CNc2ncc3c(n2)C(=O)NC3)cc2ccccc21. The van der Waals surface area contributed by atoms with Crippen molar-refractivity contribution in [3.63, 3.8) is 0 Å². The summed E-state index contributed by atoms with van der Waals surface area (Å²) >= 11 is 0. The van der Waals surface area contributed by atoms with Gasteiger partial charge in [-0.1, -0.05) is 18.2 Å². The number of anilines is 1. The Balaban J connectivity index is 1.58. The number of aromatic nitrogens is 3. The lowest BCUT2D eigenvalue weighted by atomic mass is 10.2. The number of aryl methyl sites for hydroxylation is 1. The maximum Gasteiger partial charge on any atom is 0.270 e. The van der Waals surface area contributed by atoms with E-state index >= 15 is 0 Å². The number of para-hydroxylation sites is 1. The summed E-state index contributed by atoms with van der Waals surface area (Å²) in [5.74, 6) is 0.339. The van der Waals surface area contributed by atoms with Gasteiger partial charge in [-0.3, -0.25) is 4.79 Å². The van der Waals surface area contributed by atoms with E-state index in [0.717, 1.165) is 11.3 Å². The minimum atomic E-state index is -0.134. The molecule has 0 saturated carbocycles. The van der Waals surface area contributed by atoms with Crippen LogP contribution in [0, 0.1) is 0 Å². The predicted octanol–water partition coefficient (Wildman–Crippen LogP) is 1.82. The van der Waals surface area contributed by atoms with Crippen molar-refractivity contribution in [3.05, 3.63) is 53.5 Å². The number of nitrogens with zero attached hydrogens (tertiary/aromatic N) is 3. The van der Waals surface area contributed by atoms with Crippen LogP contribution in [0.25, 0.3) is 10.9 Å². The summed E-state index contributed by atoms with van der Waals surface area (Å²) in [5.41, 5.74) is 3.64. The van der Waals surface area contributed by atoms with Crippen molar-refractivity contribution in [1.82, 2.24) is 19.9 Å². The molecule has 0 bridgehead atoms. The molecule has 6 heteroatoms. The second-order valence-corrected chi connectivity index (χ2v) is 5.36. The third-order valence-electron chi connectivity index (χ3n) is 4.00. The molecule has 3 heterocycles. The number of rotatable bonds is 3. The van der Waals surface area contributed by atoms with E-state index in [1.165, 1.54) is 10.9 Å². The third-order valence-corrected chi connectivity index (χ3v) is 4.00. The highest BCUT2D eigenvalue weighted by Crippen LogP contribution is 2.19. The number of benzene rings is 1. The van der Waals surface area contributed by atoms with Gasteiger partial charge in [-0.2, -0.15) is 0 Å². The highest BCUT2D eigenvalue weighted by atomic mass is 16.2. The first-order chi connectivity index (χ1) is 10.7. The van der Waals surface area contributed by atoms with E-state index in [1.807, 2.05) is 19.2 Å². The molecule has 4 rings (SSSR count). The van der Waals surface area contributed by atoms with E-state index in [0.29, 0.717) is 24.7 Å². The van der Waals surface area contributed by atoms with E-state index < -0.39 is 0 Å². The molecule has 0 unspecified atom stereocenters. The van der Waals surface area contributed by atoms with Crippen LogP contribution < -0.4 is 10.6 Å². The molecular weight excluding hydrogens is 278 g/mol. The minimum absolute atomic E-state index is 0.134. The molecule has 0 atom stereocenters. The maximum absolute atomic E-state index is 11.6. The number of amides is 1. The highest BCUT2D eigenvalue weighted by molar-refractivity contribution is 5.96. The van der Waals surface area contributed by atoms with Gasteiger partial charge in [0, 0.05) is 36.6 Å². The van der Waals surface area contributed by atoms with Gasteiger partial charge in [0.1, 0.15) is 5.69 Å². The number of hydrogen-bond donors (Lipinski definition) is 2. The fraction of sp³-hybridized carbons (Fsp3) is 0.188. The first kappa shape index (κ1) is 12.8. The molecule has 22 heavy (non-hydrogen) atoms. The summed E-state index contributed by atoms with van der Waals surface area (Å²) in [6.45, 7) is 1.11. The van der Waals surface area contributed by atoms with Crippen LogP contribution in [0.15, 0.2) is 36.5 Å². The molecule has 0 saturated heterocycles. The van der Waals surface area contributed by atoms with Crippen molar-refractivity contribution in [3.8, 4) is 0 Å². The van der Waals surface area contributed by atoms with Crippen molar-refractivity contribution in [1.29, 1.82) is 0 Å². The quantitative estimate of drug-likeness (QED) is 0.772. The Morgan fingerprint density at radius 3 is 3.09 bits per heavy atom. The lowest BCUT2D eigenvalue weighted by Crippen LogP contribution is -2.14. The number of nitrogens with one attached hydrogen (secondary N) is 2. The molecule has 1 amide bonds. The smallest absolute Gasteiger partial charge is 0.270 e. The molecule has 0 radical (unpaired) electrons. The predicted molar refractivity (Wildman–Crippen MR) is 83.4 cm³/mol. The number of fused-ring (bicyclic) bond motifs is 2. The Morgan fingerprint density at radius 1 is 1.36 bits per heavy atom. The number of carbonyl (C=O) groups excluding carboxylic acids is 1. The summed E-state index contributed by atoms with van der Waals surface area (Å²) in [6.07, 6.45) is 1.70. The highest BCUT2D eigenvalue weighted by Gasteiger charge is 2.21. The van der Waals surface area contributed by atoms with Gasteiger partial charge < -0.3 is 15.2 Å². The molecule has 0 spiro atoms. The van der Waals surface area contributed by atoms with Crippen LogP contribution in [0.3, 0.4) is 0 Å². The van der Waals surface area contributed by atoms with Crippen LogP contribution in [0.2, 0.25) is 0 Å². The topological polar surface area (TPSA) is 71.8 Å². The van der Waals surface area contributed by atoms with Crippen LogP contribution >= 0.6 is 0 Å². The van der Waals surface area contributed by atoms with Gasteiger partial charge in [0.25, 0.3) is 5.91 Å².